The van der Waals surface area contributed by atoms with E-state index in [0.29, 0.717) is 16.9 Å². The Morgan fingerprint density at radius 3 is 2.32 bits per heavy atom. The number of carboxylic acid groups (broad SMARTS) is 1. The molecule has 0 radical (unpaired) electrons. The van der Waals surface area contributed by atoms with E-state index in [0.717, 1.165) is 16.5 Å². The first-order valence-corrected chi connectivity index (χ1v) is 9.86. The second-order valence-corrected chi connectivity index (χ2v) is 7.11. The van der Waals surface area contributed by atoms with Gasteiger partial charge in [0.2, 0.25) is 0 Å². The van der Waals surface area contributed by atoms with Crippen molar-refractivity contribution < 1.29 is 23.8 Å². The number of rotatable bonds is 7. The Kier molecular flexibility index (Phi) is 5.98. The highest BCUT2D eigenvalue weighted by molar-refractivity contribution is 5.84. The maximum absolute atomic E-state index is 12.3. The zero-order valence-electron chi connectivity index (χ0n) is 16.7. The summed E-state index contributed by atoms with van der Waals surface area (Å²) in [5.41, 5.74) is 3.57. The lowest BCUT2D eigenvalue weighted by Crippen LogP contribution is -2.30. The quantitative estimate of drug-likeness (QED) is 0.414. The summed E-state index contributed by atoms with van der Waals surface area (Å²) >= 11 is 0. The number of amides is 1. The molecular formula is C25H21NO5. The van der Waals surface area contributed by atoms with Crippen molar-refractivity contribution in [2.45, 2.75) is 19.1 Å². The van der Waals surface area contributed by atoms with Crippen LogP contribution in [0, 0.1) is 0 Å². The molecule has 0 saturated heterocycles. The minimum absolute atomic E-state index is 0.0598. The van der Waals surface area contributed by atoms with E-state index in [2.05, 4.69) is 5.32 Å². The van der Waals surface area contributed by atoms with Crippen LogP contribution >= 0.6 is 0 Å². The minimum Gasteiger partial charge on any atom is -0.481 e. The molecule has 1 aromatic heterocycles. The zero-order chi connectivity index (χ0) is 21.6. The monoisotopic (exact) mass is 415 g/mol. The molecule has 0 saturated carbocycles. The summed E-state index contributed by atoms with van der Waals surface area (Å²) in [6, 6.07) is 26.0. The summed E-state index contributed by atoms with van der Waals surface area (Å²) in [7, 11) is 0. The Balaban J connectivity index is 1.42. The molecule has 2 N–H and O–H groups in total. The molecular weight excluding hydrogens is 394 g/mol. The van der Waals surface area contributed by atoms with E-state index in [-0.39, 0.29) is 13.0 Å². The number of carbonyl (C=O) groups excluding carboxylic acids is 1. The Bertz CT molecular complexity index is 1180. The van der Waals surface area contributed by atoms with E-state index in [1.807, 2.05) is 60.7 Å². The summed E-state index contributed by atoms with van der Waals surface area (Å²) in [5, 5.41) is 12.7. The molecule has 1 heterocycles. The van der Waals surface area contributed by atoms with Gasteiger partial charge in [-0.3, -0.25) is 4.79 Å². The van der Waals surface area contributed by atoms with Gasteiger partial charge in [0.05, 0.1) is 12.5 Å². The minimum atomic E-state index is -1.01. The van der Waals surface area contributed by atoms with Gasteiger partial charge < -0.3 is 19.6 Å². The first kappa shape index (κ1) is 20.2. The number of carbonyl (C=O) groups is 2. The standard InChI is InChI=1S/C25H21NO5/c27-24(28)15-22(18-9-5-2-6-10-18)26-25(29)30-16-21-14-20-13-19(11-12-23(20)31-21)17-7-3-1-4-8-17/h1-14,22H,15-16H2,(H,26,29)(H,27,28)/t22-/m1/s1. The Hall–Kier alpha value is -4.06. The number of carboxylic acids is 1. The van der Waals surface area contributed by atoms with E-state index < -0.39 is 18.1 Å². The third-order valence-corrected chi connectivity index (χ3v) is 4.89. The normalized spacial score (nSPS) is 11.7. The number of aliphatic carboxylic acids is 1. The highest BCUT2D eigenvalue weighted by Crippen LogP contribution is 2.27. The molecule has 1 amide bonds. The van der Waals surface area contributed by atoms with Crippen molar-refractivity contribution in [2.24, 2.45) is 0 Å². The van der Waals surface area contributed by atoms with Gasteiger partial charge >= 0.3 is 12.1 Å². The van der Waals surface area contributed by atoms with Gasteiger partial charge in [-0.1, -0.05) is 66.7 Å². The second kappa shape index (κ2) is 9.17. The van der Waals surface area contributed by atoms with Gasteiger partial charge in [0.1, 0.15) is 11.3 Å². The number of fused-ring (bicyclic) bond motifs is 1. The van der Waals surface area contributed by atoms with Crippen LogP contribution in [0.4, 0.5) is 4.79 Å². The smallest absolute Gasteiger partial charge is 0.408 e. The topological polar surface area (TPSA) is 88.8 Å². The predicted octanol–water partition coefficient (Wildman–Crippen LogP) is 5.54. The Morgan fingerprint density at radius 2 is 1.61 bits per heavy atom. The fourth-order valence-corrected chi connectivity index (χ4v) is 3.41. The first-order valence-electron chi connectivity index (χ1n) is 9.86. The molecule has 4 rings (SSSR count). The number of hydrogen-bond acceptors (Lipinski definition) is 4. The van der Waals surface area contributed by atoms with Gasteiger partial charge in [-0.25, -0.2) is 4.79 Å². The van der Waals surface area contributed by atoms with Crippen LogP contribution < -0.4 is 5.32 Å². The molecule has 0 aliphatic heterocycles. The zero-order valence-corrected chi connectivity index (χ0v) is 16.7. The van der Waals surface area contributed by atoms with E-state index in [9.17, 15) is 9.59 Å². The molecule has 4 aromatic rings. The van der Waals surface area contributed by atoms with Gasteiger partial charge in [-0.15, -0.1) is 0 Å². The Labute approximate surface area is 179 Å². The highest BCUT2D eigenvalue weighted by Gasteiger charge is 2.19. The van der Waals surface area contributed by atoms with Crippen LogP contribution in [-0.4, -0.2) is 17.2 Å². The van der Waals surface area contributed by atoms with Crippen molar-refractivity contribution in [1.29, 1.82) is 0 Å². The summed E-state index contributed by atoms with van der Waals surface area (Å²) in [5.74, 6) is -0.509. The molecule has 6 nitrogen and oxygen atoms in total. The fraction of sp³-hybridized carbons (Fsp3) is 0.120. The van der Waals surface area contributed by atoms with Crippen LogP contribution in [0.2, 0.25) is 0 Å². The van der Waals surface area contributed by atoms with Crippen LogP contribution in [-0.2, 0) is 16.1 Å². The number of alkyl carbamates (subject to hydrolysis) is 1. The van der Waals surface area contributed by atoms with E-state index in [1.165, 1.54) is 0 Å². The molecule has 6 heteroatoms. The lowest BCUT2D eigenvalue weighted by Gasteiger charge is -2.17. The number of ether oxygens (including phenoxy) is 1. The third-order valence-electron chi connectivity index (χ3n) is 4.89. The predicted molar refractivity (Wildman–Crippen MR) is 116 cm³/mol. The fourth-order valence-electron chi connectivity index (χ4n) is 3.41. The van der Waals surface area contributed by atoms with Crippen LogP contribution in [0.5, 0.6) is 0 Å². The highest BCUT2D eigenvalue weighted by atomic mass is 16.6. The van der Waals surface area contributed by atoms with Crippen molar-refractivity contribution in [3.8, 4) is 11.1 Å². The maximum Gasteiger partial charge on any atom is 0.408 e. The van der Waals surface area contributed by atoms with Crippen molar-refractivity contribution in [3.63, 3.8) is 0 Å². The Morgan fingerprint density at radius 1 is 0.903 bits per heavy atom. The van der Waals surface area contributed by atoms with Crippen molar-refractivity contribution in [3.05, 3.63) is 96.3 Å². The summed E-state index contributed by atoms with van der Waals surface area (Å²) in [6.07, 6.45) is -0.952. The molecule has 3 aromatic carbocycles. The molecule has 0 spiro atoms. The van der Waals surface area contributed by atoms with Crippen LogP contribution in [0.15, 0.2) is 89.3 Å². The average Bonchev–Trinajstić information content (AvgIpc) is 3.20. The number of hydrogen-bond donors (Lipinski definition) is 2. The lowest BCUT2D eigenvalue weighted by molar-refractivity contribution is -0.137. The van der Waals surface area contributed by atoms with E-state index >= 15 is 0 Å². The van der Waals surface area contributed by atoms with Crippen molar-refractivity contribution in [2.75, 3.05) is 0 Å². The number of nitrogens with one attached hydrogen (secondary N) is 1. The van der Waals surface area contributed by atoms with Gasteiger partial charge in [0, 0.05) is 5.39 Å². The van der Waals surface area contributed by atoms with Crippen molar-refractivity contribution >= 4 is 23.0 Å². The van der Waals surface area contributed by atoms with Crippen LogP contribution in [0.1, 0.15) is 23.8 Å². The molecule has 0 aliphatic carbocycles. The lowest BCUT2D eigenvalue weighted by atomic mass is 10.0. The van der Waals surface area contributed by atoms with E-state index in [4.69, 9.17) is 14.3 Å². The van der Waals surface area contributed by atoms with Gasteiger partial charge in [0.15, 0.2) is 6.61 Å². The molecule has 31 heavy (non-hydrogen) atoms. The van der Waals surface area contributed by atoms with Crippen LogP contribution in [0.3, 0.4) is 0 Å². The average molecular weight is 415 g/mol. The third kappa shape index (κ3) is 5.11. The molecule has 156 valence electrons. The summed E-state index contributed by atoms with van der Waals surface area (Å²) in [6.45, 7) is -0.0598. The SMILES string of the molecule is O=C(O)C[C@@H](NC(=O)OCc1cc2cc(-c3ccccc3)ccc2o1)c1ccccc1. The van der Waals surface area contributed by atoms with Crippen molar-refractivity contribution in [1.82, 2.24) is 5.32 Å². The second-order valence-electron chi connectivity index (χ2n) is 7.11. The number of benzene rings is 3. The van der Waals surface area contributed by atoms with E-state index in [1.54, 1.807) is 24.3 Å². The largest absolute Gasteiger partial charge is 0.481 e. The van der Waals surface area contributed by atoms with Gasteiger partial charge in [0.25, 0.3) is 0 Å². The van der Waals surface area contributed by atoms with Gasteiger partial charge in [-0.05, 0) is 34.9 Å². The molecule has 1 atom stereocenters. The maximum atomic E-state index is 12.3. The molecule has 0 bridgehead atoms. The van der Waals surface area contributed by atoms with Gasteiger partial charge in [-0.2, -0.15) is 0 Å². The summed E-state index contributed by atoms with van der Waals surface area (Å²) < 4.78 is 11.0. The molecule has 0 aliphatic rings. The molecule has 0 fully saturated rings. The number of furan rings is 1. The molecule has 0 unspecified atom stereocenters. The van der Waals surface area contributed by atoms with Crippen LogP contribution in [0.25, 0.3) is 22.1 Å². The summed E-state index contributed by atoms with van der Waals surface area (Å²) in [4.78, 5) is 23.4. The first-order chi connectivity index (χ1) is 15.1.